The number of thioether (sulfide) groups is 1. The van der Waals surface area contributed by atoms with Crippen molar-refractivity contribution in [1.29, 1.82) is 0 Å². The molecule has 1 fully saturated rings. The van der Waals surface area contributed by atoms with Crippen molar-refractivity contribution in [3.8, 4) is 0 Å². The van der Waals surface area contributed by atoms with E-state index in [-0.39, 0.29) is 17.7 Å². The molecular weight excluding hydrogens is 354 g/mol. The average Bonchev–Trinajstić information content (AvgIpc) is 2.85. The van der Waals surface area contributed by atoms with Gasteiger partial charge in [0.25, 0.3) is 11.1 Å². The van der Waals surface area contributed by atoms with Gasteiger partial charge in [-0.15, -0.1) is 0 Å². The summed E-state index contributed by atoms with van der Waals surface area (Å²) in [7, 11) is 0. The highest BCUT2D eigenvalue weighted by molar-refractivity contribution is 8.18. The molecule has 0 bridgehead atoms. The van der Waals surface area contributed by atoms with E-state index in [0.29, 0.717) is 9.93 Å². The molecule has 0 aromatic heterocycles. The van der Waals surface area contributed by atoms with Gasteiger partial charge >= 0.3 is 0 Å². The van der Waals surface area contributed by atoms with Crippen LogP contribution >= 0.6 is 23.4 Å². The smallest absolute Gasteiger partial charge is 0.268 e. The van der Waals surface area contributed by atoms with Crippen molar-refractivity contribution >= 4 is 40.6 Å². The second kappa shape index (κ2) is 7.72. The topological polar surface area (TPSA) is 37.4 Å². The molecule has 3 nitrogen and oxygen atoms in total. The maximum atomic E-state index is 12.6. The minimum Gasteiger partial charge on any atom is -0.268 e. The quantitative estimate of drug-likeness (QED) is 0.665. The largest absolute Gasteiger partial charge is 0.293 e. The third kappa shape index (κ3) is 4.21. The van der Waals surface area contributed by atoms with Crippen molar-refractivity contribution in [3.63, 3.8) is 0 Å². The highest BCUT2D eigenvalue weighted by Gasteiger charge is 2.35. The molecule has 0 atom stereocenters. The Balaban J connectivity index is 1.79. The number of allylic oxidation sites excluding steroid dienone is 2. The molecule has 0 aliphatic carbocycles. The van der Waals surface area contributed by atoms with Crippen LogP contribution in [0.5, 0.6) is 0 Å². The van der Waals surface area contributed by atoms with Gasteiger partial charge in [0.1, 0.15) is 0 Å². The lowest BCUT2D eigenvalue weighted by molar-refractivity contribution is -0.123. The number of carbonyl (C=O) groups excluding carboxylic acids is 2. The van der Waals surface area contributed by atoms with Gasteiger partial charge in [-0.1, -0.05) is 66.2 Å². The lowest BCUT2D eigenvalue weighted by atomic mass is 10.1. The van der Waals surface area contributed by atoms with Gasteiger partial charge in [0.15, 0.2) is 0 Å². The van der Waals surface area contributed by atoms with Crippen LogP contribution in [0.3, 0.4) is 0 Å². The highest BCUT2D eigenvalue weighted by Crippen LogP contribution is 2.33. The summed E-state index contributed by atoms with van der Waals surface area (Å²) in [5, 5.41) is 0.273. The van der Waals surface area contributed by atoms with Crippen molar-refractivity contribution < 1.29 is 9.59 Å². The number of imide groups is 1. The summed E-state index contributed by atoms with van der Waals surface area (Å²) in [5.41, 5.74) is 2.71. The van der Waals surface area contributed by atoms with E-state index >= 15 is 0 Å². The Bertz CT molecular complexity index is 874. The highest BCUT2D eigenvalue weighted by atomic mass is 35.5. The zero-order chi connectivity index (χ0) is 17.8. The van der Waals surface area contributed by atoms with Crippen LogP contribution in [-0.2, 0) is 11.3 Å². The van der Waals surface area contributed by atoms with E-state index in [1.54, 1.807) is 12.1 Å². The van der Waals surface area contributed by atoms with E-state index in [1.807, 2.05) is 61.5 Å². The van der Waals surface area contributed by atoms with E-state index in [0.717, 1.165) is 28.5 Å². The van der Waals surface area contributed by atoms with E-state index in [4.69, 9.17) is 11.6 Å². The van der Waals surface area contributed by atoms with Crippen LogP contribution in [0.25, 0.3) is 6.08 Å². The zero-order valence-electron chi connectivity index (χ0n) is 13.6. The van der Waals surface area contributed by atoms with E-state index in [2.05, 4.69) is 0 Å². The van der Waals surface area contributed by atoms with E-state index in [1.165, 1.54) is 4.90 Å². The molecule has 0 spiro atoms. The SMILES string of the molecule is CC(=Cc1ccccc1)C=C1SC(=O)N(Cc2ccccc2Cl)C1=O. The molecule has 0 saturated carbocycles. The Kier molecular flexibility index (Phi) is 5.41. The van der Waals surface area contributed by atoms with Crippen LogP contribution in [-0.4, -0.2) is 16.0 Å². The van der Waals surface area contributed by atoms with Gasteiger partial charge in [0.2, 0.25) is 0 Å². The summed E-state index contributed by atoms with van der Waals surface area (Å²) in [6.45, 7) is 2.10. The number of hydrogen-bond donors (Lipinski definition) is 0. The molecule has 1 saturated heterocycles. The zero-order valence-corrected chi connectivity index (χ0v) is 15.2. The summed E-state index contributed by atoms with van der Waals surface area (Å²) in [4.78, 5) is 26.4. The summed E-state index contributed by atoms with van der Waals surface area (Å²) >= 11 is 7.09. The first-order chi connectivity index (χ1) is 12.0. The van der Waals surface area contributed by atoms with Gasteiger partial charge in [-0.3, -0.25) is 14.5 Å². The number of hydrogen-bond acceptors (Lipinski definition) is 3. The minimum atomic E-state index is -0.282. The minimum absolute atomic E-state index is 0.184. The first kappa shape index (κ1) is 17.5. The first-order valence-electron chi connectivity index (χ1n) is 7.77. The maximum absolute atomic E-state index is 12.6. The van der Waals surface area contributed by atoms with Crippen LogP contribution in [0.4, 0.5) is 4.79 Å². The fourth-order valence-electron chi connectivity index (χ4n) is 2.49. The van der Waals surface area contributed by atoms with Crippen molar-refractivity contribution in [2.24, 2.45) is 0 Å². The average molecular weight is 370 g/mol. The van der Waals surface area contributed by atoms with Gasteiger partial charge in [0, 0.05) is 5.02 Å². The summed E-state index contributed by atoms with van der Waals surface area (Å²) in [6, 6.07) is 17.1. The standard InChI is InChI=1S/C20H16ClNO2S/c1-14(11-15-7-3-2-4-8-15)12-18-19(23)22(20(24)25-18)13-16-9-5-6-10-17(16)21/h2-12H,13H2,1H3. The fraction of sp³-hybridized carbons (Fsp3) is 0.100. The molecule has 0 radical (unpaired) electrons. The van der Waals surface area contributed by atoms with Crippen LogP contribution in [0.1, 0.15) is 18.1 Å². The second-order valence-corrected chi connectivity index (χ2v) is 7.06. The Morgan fingerprint density at radius 2 is 1.76 bits per heavy atom. The molecule has 126 valence electrons. The molecule has 0 unspecified atom stereocenters. The molecule has 2 aromatic rings. The lowest BCUT2D eigenvalue weighted by Gasteiger charge is -2.13. The summed E-state index contributed by atoms with van der Waals surface area (Å²) in [5.74, 6) is -0.282. The maximum Gasteiger partial charge on any atom is 0.293 e. The van der Waals surface area contributed by atoms with Gasteiger partial charge in [-0.25, -0.2) is 0 Å². The van der Waals surface area contributed by atoms with Crippen LogP contribution in [0.2, 0.25) is 5.02 Å². The number of benzene rings is 2. The molecule has 1 heterocycles. The van der Waals surface area contributed by atoms with Crippen molar-refractivity contribution in [1.82, 2.24) is 4.90 Å². The lowest BCUT2D eigenvalue weighted by Crippen LogP contribution is -2.27. The van der Waals surface area contributed by atoms with Crippen LogP contribution in [0, 0.1) is 0 Å². The van der Waals surface area contributed by atoms with Crippen LogP contribution in [0.15, 0.2) is 71.2 Å². The predicted molar refractivity (Wildman–Crippen MR) is 103 cm³/mol. The third-order valence-corrected chi connectivity index (χ3v) is 4.99. The van der Waals surface area contributed by atoms with Crippen molar-refractivity contribution in [2.75, 3.05) is 0 Å². The van der Waals surface area contributed by atoms with E-state index < -0.39 is 0 Å². The van der Waals surface area contributed by atoms with E-state index in [9.17, 15) is 9.59 Å². The molecule has 2 amide bonds. The van der Waals surface area contributed by atoms with Gasteiger partial charge in [-0.2, -0.15) is 0 Å². The normalized spacial score (nSPS) is 16.8. The second-order valence-electron chi connectivity index (χ2n) is 5.66. The molecule has 2 aromatic carbocycles. The predicted octanol–water partition coefficient (Wildman–Crippen LogP) is 5.52. The van der Waals surface area contributed by atoms with Crippen molar-refractivity contribution in [2.45, 2.75) is 13.5 Å². The van der Waals surface area contributed by atoms with Gasteiger partial charge in [0.05, 0.1) is 11.4 Å². The molecular formula is C20H16ClNO2S. The Hall–Kier alpha value is -2.30. The Labute approximate surface area is 156 Å². The number of carbonyl (C=O) groups is 2. The first-order valence-corrected chi connectivity index (χ1v) is 8.96. The van der Waals surface area contributed by atoms with Crippen LogP contribution < -0.4 is 0 Å². The monoisotopic (exact) mass is 369 g/mol. The number of nitrogens with zero attached hydrogens (tertiary/aromatic N) is 1. The number of rotatable bonds is 4. The fourth-order valence-corrected chi connectivity index (χ4v) is 3.58. The molecule has 1 aliphatic rings. The third-order valence-electron chi connectivity index (χ3n) is 3.71. The van der Waals surface area contributed by atoms with Crippen molar-refractivity contribution in [3.05, 3.63) is 87.3 Å². The number of amides is 2. The molecule has 5 heteroatoms. The summed E-state index contributed by atoms with van der Waals surface area (Å²) in [6.07, 6.45) is 3.73. The summed E-state index contributed by atoms with van der Waals surface area (Å²) < 4.78 is 0. The number of halogens is 1. The Morgan fingerprint density at radius 1 is 1.08 bits per heavy atom. The Morgan fingerprint density at radius 3 is 2.48 bits per heavy atom. The van der Waals surface area contributed by atoms with Gasteiger partial charge < -0.3 is 0 Å². The molecule has 25 heavy (non-hydrogen) atoms. The van der Waals surface area contributed by atoms with Gasteiger partial charge in [-0.05, 0) is 47.5 Å². The molecule has 0 N–H and O–H groups in total. The molecule has 1 aliphatic heterocycles. The molecule has 3 rings (SSSR count).